The second-order valence-corrected chi connectivity index (χ2v) is 7.39. The van der Waals surface area contributed by atoms with Crippen LogP contribution in [0.2, 0.25) is 0 Å². The van der Waals surface area contributed by atoms with E-state index in [9.17, 15) is 0 Å². The summed E-state index contributed by atoms with van der Waals surface area (Å²) in [4.78, 5) is 0. The monoisotopic (exact) mass is 316 g/mol. The average Bonchev–Trinajstić information content (AvgIpc) is 2.37. The topological polar surface area (TPSA) is 36.9 Å². The molecule has 0 rings (SSSR count). The van der Waals surface area contributed by atoms with Gasteiger partial charge < -0.3 is 0 Å². The van der Waals surface area contributed by atoms with Crippen molar-refractivity contribution in [2.24, 2.45) is 0 Å². The molecule has 0 fully saturated rings. The average molecular weight is 315 g/mol. The second-order valence-electron chi connectivity index (χ2n) is 3.70. The zero-order chi connectivity index (χ0) is 13.0. The minimum absolute atomic E-state index is 0.636. The molecule has 0 radical (unpaired) electrons. The molecule has 0 spiro atoms. The Hall–Kier alpha value is 0.359. The number of hydrogen-bond acceptors (Lipinski definition) is 4. The molecule has 4 nitrogen and oxygen atoms in total. The van der Waals surface area contributed by atoms with Crippen LogP contribution >= 0.6 is 0 Å². The van der Waals surface area contributed by atoms with Gasteiger partial charge in [-0.25, -0.2) is 0 Å². The van der Waals surface area contributed by atoms with Gasteiger partial charge in [0.1, 0.15) is 0 Å². The van der Waals surface area contributed by atoms with Crippen molar-refractivity contribution in [2.75, 3.05) is 26.4 Å². The Kier molecular flexibility index (Phi) is 11.7. The molecule has 0 unspecified atom stereocenters. The first kappa shape index (κ1) is 17.4. The van der Waals surface area contributed by atoms with Crippen LogP contribution in [0, 0.1) is 0 Å². The van der Waals surface area contributed by atoms with E-state index in [-0.39, 0.29) is 0 Å². The van der Waals surface area contributed by atoms with Crippen LogP contribution in [0.5, 0.6) is 0 Å². The third-order valence-electron chi connectivity index (χ3n) is 1.73. The van der Waals surface area contributed by atoms with Crippen molar-refractivity contribution < 1.29 is 15.3 Å². The van der Waals surface area contributed by atoms with Crippen molar-refractivity contribution in [1.82, 2.24) is 0 Å². The standard InChI is InChI=1S/C12H28O4Se/c1-5-9-13-17(14-10-6-2,15-11-7-3)16-12-8-4/h5-12H2,1-4H3. The van der Waals surface area contributed by atoms with E-state index in [0.717, 1.165) is 25.7 Å². The molecule has 0 saturated heterocycles. The molecule has 0 N–H and O–H groups in total. The van der Waals surface area contributed by atoms with Gasteiger partial charge in [-0.05, 0) is 0 Å². The summed E-state index contributed by atoms with van der Waals surface area (Å²) < 4.78 is 23.1. The summed E-state index contributed by atoms with van der Waals surface area (Å²) in [7, 11) is 0. The summed E-state index contributed by atoms with van der Waals surface area (Å²) >= 11 is -3.08. The number of hydrogen-bond donors (Lipinski definition) is 0. The third-order valence-corrected chi connectivity index (χ3v) is 5.55. The van der Waals surface area contributed by atoms with Gasteiger partial charge in [-0.15, -0.1) is 0 Å². The molecule has 0 amide bonds. The Morgan fingerprint density at radius 2 is 0.765 bits per heavy atom. The summed E-state index contributed by atoms with van der Waals surface area (Å²) in [6.45, 7) is 10.8. The van der Waals surface area contributed by atoms with Gasteiger partial charge in [-0.1, -0.05) is 0 Å². The first-order valence-electron chi connectivity index (χ1n) is 6.65. The zero-order valence-electron chi connectivity index (χ0n) is 11.7. The molecular formula is C12H28O4Se. The predicted octanol–water partition coefficient (Wildman–Crippen LogP) is 3.13. The van der Waals surface area contributed by atoms with Crippen LogP contribution in [0.1, 0.15) is 53.4 Å². The summed E-state index contributed by atoms with van der Waals surface area (Å²) in [5.41, 5.74) is 0. The molecule has 0 aliphatic heterocycles. The third kappa shape index (κ3) is 8.14. The van der Waals surface area contributed by atoms with E-state index in [1.165, 1.54) is 0 Å². The van der Waals surface area contributed by atoms with Crippen LogP contribution in [0.4, 0.5) is 0 Å². The normalized spacial score (nSPS) is 12.9. The Morgan fingerprint density at radius 1 is 0.529 bits per heavy atom. The van der Waals surface area contributed by atoms with Crippen molar-refractivity contribution in [1.29, 1.82) is 0 Å². The van der Waals surface area contributed by atoms with E-state index in [2.05, 4.69) is 27.7 Å². The van der Waals surface area contributed by atoms with Crippen molar-refractivity contribution in [3.05, 3.63) is 0 Å². The van der Waals surface area contributed by atoms with Gasteiger partial charge >= 0.3 is 109 Å². The Labute approximate surface area is 109 Å². The first-order chi connectivity index (χ1) is 8.24. The molecule has 0 saturated carbocycles. The van der Waals surface area contributed by atoms with Crippen LogP contribution in [0.3, 0.4) is 0 Å². The molecule has 17 heavy (non-hydrogen) atoms. The molecule has 5 heteroatoms. The van der Waals surface area contributed by atoms with E-state index in [0.29, 0.717) is 26.4 Å². The molecule has 106 valence electrons. The van der Waals surface area contributed by atoms with Crippen LogP contribution < -0.4 is 0 Å². The first-order valence-corrected chi connectivity index (χ1v) is 9.45. The maximum absolute atomic E-state index is 5.77. The molecule has 0 aromatic heterocycles. The van der Waals surface area contributed by atoms with Crippen LogP contribution in [0.25, 0.3) is 0 Å². The van der Waals surface area contributed by atoms with Gasteiger partial charge in [0.25, 0.3) is 0 Å². The Bertz CT molecular complexity index is 129. The van der Waals surface area contributed by atoms with E-state index >= 15 is 0 Å². The van der Waals surface area contributed by atoms with Crippen molar-refractivity contribution in [3.63, 3.8) is 0 Å². The summed E-state index contributed by atoms with van der Waals surface area (Å²) in [6, 6.07) is 0. The van der Waals surface area contributed by atoms with Crippen molar-refractivity contribution in [2.45, 2.75) is 53.4 Å². The second kappa shape index (κ2) is 11.4. The fourth-order valence-electron chi connectivity index (χ4n) is 0.946. The SMILES string of the molecule is CCCO[Se](OCCC)(OCCC)OCCC. The van der Waals surface area contributed by atoms with Gasteiger partial charge in [0.05, 0.1) is 0 Å². The van der Waals surface area contributed by atoms with E-state index < -0.39 is 14.2 Å². The quantitative estimate of drug-likeness (QED) is 0.519. The molecule has 0 aliphatic rings. The molecule has 0 aromatic carbocycles. The summed E-state index contributed by atoms with van der Waals surface area (Å²) in [6.07, 6.45) is 3.78. The van der Waals surface area contributed by atoms with Crippen LogP contribution in [0.15, 0.2) is 0 Å². The predicted molar refractivity (Wildman–Crippen MR) is 70.7 cm³/mol. The Morgan fingerprint density at radius 3 is 0.941 bits per heavy atom. The van der Waals surface area contributed by atoms with Crippen molar-refractivity contribution in [3.8, 4) is 0 Å². The maximum atomic E-state index is 5.77. The van der Waals surface area contributed by atoms with Crippen molar-refractivity contribution >= 4 is 14.2 Å². The summed E-state index contributed by atoms with van der Waals surface area (Å²) in [5, 5.41) is 0. The fraction of sp³-hybridized carbons (Fsp3) is 1.00. The Balaban J connectivity index is 4.39. The number of rotatable bonds is 12. The molecule has 0 heterocycles. The van der Waals surface area contributed by atoms with E-state index in [4.69, 9.17) is 15.3 Å². The van der Waals surface area contributed by atoms with Crippen LogP contribution in [-0.2, 0) is 15.3 Å². The van der Waals surface area contributed by atoms with Gasteiger partial charge in [0.2, 0.25) is 0 Å². The molecule has 0 aromatic rings. The fourth-order valence-corrected chi connectivity index (χ4v) is 4.91. The molecule has 0 bridgehead atoms. The zero-order valence-corrected chi connectivity index (χ0v) is 13.4. The van der Waals surface area contributed by atoms with Crippen LogP contribution in [-0.4, -0.2) is 40.6 Å². The van der Waals surface area contributed by atoms with E-state index in [1.54, 1.807) is 0 Å². The van der Waals surface area contributed by atoms with Gasteiger partial charge in [-0.3, -0.25) is 0 Å². The molecular weight excluding hydrogens is 287 g/mol. The molecule has 0 aliphatic carbocycles. The summed E-state index contributed by atoms with van der Waals surface area (Å²) in [5.74, 6) is 0. The molecule has 0 atom stereocenters. The van der Waals surface area contributed by atoms with Gasteiger partial charge in [-0.2, -0.15) is 0 Å². The van der Waals surface area contributed by atoms with Gasteiger partial charge in [0.15, 0.2) is 0 Å². The van der Waals surface area contributed by atoms with Gasteiger partial charge in [0, 0.05) is 0 Å². The minimum atomic E-state index is -3.08. The van der Waals surface area contributed by atoms with E-state index in [1.807, 2.05) is 0 Å².